The molecule has 0 amide bonds. The van der Waals surface area contributed by atoms with Crippen LogP contribution in [0.4, 0.5) is 0 Å². The fourth-order valence-corrected chi connectivity index (χ4v) is 1.77. The van der Waals surface area contributed by atoms with E-state index in [0.717, 1.165) is 19.5 Å². The molecule has 3 N–H and O–H groups in total. The van der Waals surface area contributed by atoms with Crippen molar-refractivity contribution in [3.05, 3.63) is 11.6 Å². The van der Waals surface area contributed by atoms with E-state index in [4.69, 9.17) is 10.5 Å². The van der Waals surface area contributed by atoms with E-state index in [9.17, 15) is 4.79 Å². The Balaban J connectivity index is 2.57. The quantitative estimate of drug-likeness (QED) is 0.524. The van der Waals surface area contributed by atoms with Gasteiger partial charge in [0.05, 0.1) is 13.0 Å². The van der Waals surface area contributed by atoms with Crippen LogP contribution in [0.15, 0.2) is 11.6 Å². The average Bonchev–Trinajstić information content (AvgIpc) is 2.26. The number of methoxy groups -OCH3 is 1. The van der Waals surface area contributed by atoms with Gasteiger partial charge in [-0.2, -0.15) is 0 Å². The van der Waals surface area contributed by atoms with E-state index in [-0.39, 0.29) is 17.9 Å². The van der Waals surface area contributed by atoms with Gasteiger partial charge >= 0.3 is 5.97 Å². The molecule has 1 rings (SSSR count). The SMILES string of the molecule is COC(=O)[C@H](CC1=CCCNC1)C(C)N. The lowest BCUT2D eigenvalue weighted by atomic mass is 9.92. The summed E-state index contributed by atoms with van der Waals surface area (Å²) in [6, 6.07) is -0.166. The Morgan fingerprint density at radius 1 is 1.73 bits per heavy atom. The second-order valence-corrected chi connectivity index (χ2v) is 4.02. The zero-order valence-electron chi connectivity index (χ0n) is 9.45. The lowest BCUT2D eigenvalue weighted by molar-refractivity contribution is -0.146. The zero-order chi connectivity index (χ0) is 11.3. The van der Waals surface area contributed by atoms with Crippen molar-refractivity contribution in [3.8, 4) is 0 Å². The summed E-state index contributed by atoms with van der Waals surface area (Å²) in [6.45, 7) is 3.73. The Bertz CT molecular complexity index is 249. The largest absolute Gasteiger partial charge is 0.469 e. The summed E-state index contributed by atoms with van der Waals surface area (Å²) in [5, 5.41) is 3.27. The van der Waals surface area contributed by atoms with Gasteiger partial charge in [-0.1, -0.05) is 11.6 Å². The number of rotatable bonds is 4. The van der Waals surface area contributed by atoms with Crippen molar-refractivity contribution >= 4 is 5.97 Å². The predicted octanol–water partition coefficient (Wildman–Crippen LogP) is 0.433. The molecule has 0 aromatic carbocycles. The smallest absolute Gasteiger partial charge is 0.310 e. The van der Waals surface area contributed by atoms with Gasteiger partial charge in [-0.3, -0.25) is 4.79 Å². The van der Waals surface area contributed by atoms with E-state index >= 15 is 0 Å². The fraction of sp³-hybridized carbons (Fsp3) is 0.727. The number of ether oxygens (including phenoxy) is 1. The molecular formula is C11H20N2O2. The first kappa shape index (κ1) is 12.2. The number of nitrogens with one attached hydrogen (secondary N) is 1. The standard InChI is InChI=1S/C11H20N2O2/c1-8(12)10(11(14)15-2)6-9-4-3-5-13-7-9/h4,8,10,13H,3,5-7,12H2,1-2H3/t8?,10-/m1/s1. The minimum Gasteiger partial charge on any atom is -0.469 e. The minimum atomic E-state index is -0.221. The maximum Gasteiger partial charge on any atom is 0.310 e. The molecule has 0 saturated carbocycles. The Hall–Kier alpha value is -0.870. The van der Waals surface area contributed by atoms with E-state index in [2.05, 4.69) is 11.4 Å². The Labute approximate surface area is 90.9 Å². The number of hydrogen-bond donors (Lipinski definition) is 2. The molecule has 0 fully saturated rings. The molecule has 0 aromatic rings. The first-order chi connectivity index (χ1) is 7.15. The second-order valence-electron chi connectivity index (χ2n) is 4.02. The molecule has 0 spiro atoms. The van der Waals surface area contributed by atoms with E-state index in [1.807, 2.05) is 6.92 Å². The van der Waals surface area contributed by atoms with Crippen molar-refractivity contribution in [2.75, 3.05) is 20.2 Å². The third-order valence-electron chi connectivity index (χ3n) is 2.73. The van der Waals surface area contributed by atoms with Crippen molar-refractivity contribution < 1.29 is 9.53 Å². The van der Waals surface area contributed by atoms with Crippen LogP contribution in [0.5, 0.6) is 0 Å². The summed E-state index contributed by atoms with van der Waals surface area (Å²) >= 11 is 0. The topological polar surface area (TPSA) is 64.3 Å². The van der Waals surface area contributed by atoms with E-state index in [1.165, 1.54) is 12.7 Å². The molecule has 1 heterocycles. The molecular weight excluding hydrogens is 192 g/mol. The summed E-state index contributed by atoms with van der Waals surface area (Å²) in [7, 11) is 1.41. The number of carbonyl (C=O) groups is 1. The normalized spacial score (nSPS) is 20.3. The average molecular weight is 212 g/mol. The lowest BCUT2D eigenvalue weighted by Crippen LogP contribution is -2.35. The highest BCUT2D eigenvalue weighted by atomic mass is 16.5. The first-order valence-corrected chi connectivity index (χ1v) is 5.37. The number of esters is 1. The highest BCUT2D eigenvalue weighted by molar-refractivity contribution is 5.73. The van der Waals surface area contributed by atoms with E-state index in [1.54, 1.807) is 0 Å². The highest BCUT2D eigenvalue weighted by Gasteiger charge is 2.24. The summed E-state index contributed by atoms with van der Waals surface area (Å²) < 4.78 is 4.75. The zero-order valence-corrected chi connectivity index (χ0v) is 9.45. The van der Waals surface area contributed by atoms with Crippen LogP contribution in [0.2, 0.25) is 0 Å². The van der Waals surface area contributed by atoms with Crippen molar-refractivity contribution in [3.63, 3.8) is 0 Å². The molecule has 0 aromatic heterocycles. The third kappa shape index (κ3) is 3.64. The summed E-state index contributed by atoms with van der Waals surface area (Å²) in [6.07, 6.45) is 3.92. The van der Waals surface area contributed by atoms with Gasteiger partial charge in [-0.05, 0) is 26.3 Å². The Morgan fingerprint density at radius 2 is 2.47 bits per heavy atom. The van der Waals surface area contributed by atoms with Gasteiger partial charge in [0.1, 0.15) is 0 Å². The highest BCUT2D eigenvalue weighted by Crippen LogP contribution is 2.17. The summed E-state index contributed by atoms with van der Waals surface area (Å²) in [5.41, 5.74) is 7.04. The molecule has 1 aliphatic rings. The molecule has 0 aliphatic carbocycles. The maximum absolute atomic E-state index is 11.5. The Morgan fingerprint density at radius 3 is 2.93 bits per heavy atom. The maximum atomic E-state index is 11.5. The second kappa shape index (κ2) is 5.88. The molecule has 15 heavy (non-hydrogen) atoms. The van der Waals surface area contributed by atoms with E-state index in [0.29, 0.717) is 6.42 Å². The summed E-state index contributed by atoms with van der Waals surface area (Å²) in [4.78, 5) is 11.5. The third-order valence-corrected chi connectivity index (χ3v) is 2.73. The predicted molar refractivity (Wildman–Crippen MR) is 59.3 cm³/mol. The number of hydrogen-bond acceptors (Lipinski definition) is 4. The van der Waals surface area contributed by atoms with Crippen LogP contribution in [-0.4, -0.2) is 32.2 Å². The molecule has 0 radical (unpaired) electrons. The van der Waals surface area contributed by atoms with Gasteiger partial charge in [-0.25, -0.2) is 0 Å². The van der Waals surface area contributed by atoms with Crippen molar-refractivity contribution in [2.45, 2.75) is 25.8 Å². The van der Waals surface area contributed by atoms with Crippen molar-refractivity contribution in [2.24, 2.45) is 11.7 Å². The molecule has 2 atom stereocenters. The van der Waals surface area contributed by atoms with Crippen LogP contribution in [-0.2, 0) is 9.53 Å². The monoisotopic (exact) mass is 212 g/mol. The van der Waals surface area contributed by atoms with Gasteiger partial charge in [0.15, 0.2) is 0 Å². The van der Waals surface area contributed by atoms with Crippen LogP contribution >= 0.6 is 0 Å². The van der Waals surface area contributed by atoms with Crippen LogP contribution in [0, 0.1) is 5.92 Å². The van der Waals surface area contributed by atoms with Crippen molar-refractivity contribution in [1.29, 1.82) is 0 Å². The van der Waals surface area contributed by atoms with Crippen LogP contribution < -0.4 is 11.1 Å². The van der Waals surface area contributed by atoms with Gasteiger partial charge in [0.25, 0.3) is 0 Å². The van der Waals surface area contributed by atoms with Gasteiger partial charge in [0, 0.05) is 12.6 Å². The van der Waals surface area contributed by atoms with Gasteiger partial charge in [0.2, 0.25) is 0 Å². The molecule has 4 heteroatoms. The number of carbonyl (C=O) groups excluding carboxylic acids is 1. The van der Waals surface area contributed by atoms with Crippen LogP contribution in [0.1, 0.15) is 19.8 Å². The fourth-order valence-electron chi connectivity index (χ4n) is 1.77. The van der Waals surface area contributed by atoms with Gasteiger partial charge in [-0.15, -0.1) is 0 Å². The molecule has 4 nitrogen and oxygen atoms in total. The number of nitrogens with two attached hydrogens (primary N) is 1. The molecule has 1 aliphatic heterocycles. The summed E-state index contributed by atoms with van der Waals surface area (Å²) in [5.74, 6) is -0.433. The van der Waals surface area contributed by atoms with Crippen molar-refractivity contribution in [1.82, 2.24) is 5.32 Å². The first-order valence-electron chi connectivity index (χ1n) is 5.37. The lowest BCUT2D eigenvalue weighted by Gasteiger charge is -2.22. The molecule has 0 saturated heterocycles. The van der Waals surface area contributed by atoms with E-state index < -0.39 is 0 Å². The molecule has 86 valence electrons. The van der Waals surface area contributed by atoms with Crippen LogP contribution in [0.25, 0.3) is 0 Å². The molecule has 0 bridgehead atoms. The molecule has 1 unspecified atom stereocenters. The Kier molecular flexibility index (Phi) is 4.78. The van der Waals surface area contributed by atoms with Gasteiger partial charge < -0.3 is 15.8 Å². The van der Waals surface area contributed by atoms with Crippen LogP contribution in [0.3, 0.4) is 0 Å². The minimum absolute atomic E-state index is 0.166.